The number of hydrogen-bond acceptors (Lipinski definition) is 8. The van der Waals surface area contributed by atoms with Gasteiger partial charge in [0.2, 0.25) is 0 Å². The molecular formula is C33H38O8. The molecule has 3 aliphatic carbocycles. The van der Waals surface area contributed by atoms with E-state index in [-0.39, 0.29) is 47.4 Å². The summed E-state index contributed by atoms with van der Waals surface area (Å²) < 4.78 is 20.0. The molecule has 0 radical (unpaired) electrons. The van der Waals surface area contributed by atoms with Crippen molar-refractivity contribution < 1.29 is 38.8 Å². The van der Waals surface area contributed by atoms with E-state index in [1.807, 2.05) is 33.8 Å². The molecule has 3 aliphatic heterocycles. The van der Waals surface area contributed by atoms with Gasteiger partial charge < -0.3 is 24.4 Å². The van der Waals surface area contributed by atoms with Crippen molar-refractivity contribution in [3.8, 4) is 17.2 Å². The summed E-state index contributed by atoms with van der Waals surface area (Å²) in [6.07, 6.45) is 6.61. The zero-order valence-corrected chi connectivity index (χ0v) is 24.7. The van der Waals surface area contributed by atoms with Gasteiger partial charge in [0.25, 0.3) is 0 Å². The van der Waals surface area contributed by atoms with E-state index in [9.17, 15) is 24.6 Å². The molecule has 0 aromatic heterocycles. The lowest BCUT2D eigenvalue weighted by Crippen LogP contribution is -2.72. The number of benzene rings is 1. The molecule has 3 heterocycles. The summed E-state index contributed by atoms with van der Waals surface area (Å²) in [7, 11) is 0. The molecule has 41 heavy (non-hydrogen) atoms. The molecule has 1 saturated carbocycles. The lowest BCUT2D eigenvalue weighted by molar-refractivity contribution is -0.171. The molecular weight excluding hydrogens is 524 g/mol. The van der Waals surface area contributed by atoms with Crippen LogP contribution in [0.2, 0.25) is 0 Å². The number of fused-ring (bicyclic) bond motifs is 2. The van der Waals surface area contributed by atoms with Gasteiger partial charge in [-0.05, 0) is 66.9 Å². The van der Waals surface area contributed by atoms with E-state index in [4.69, 9.17) is 14.2 Å². The number of carbonyl (C=O) groups excluding carboxylic acids is 3. The molecule has 1 spiro atoms. The van der Waals surface area contributed by atoms with E-state index in [0.29, 0.717) is 40.9 Å². The zero-order valence-electron chi connectivity index (χ0n) is 24.7. The number of carbonyl (C=O) groups is 3. The average molecular weight is 563 g/mol. The van der Waals surface area contributed by atoms with Gasteiger partial charge in [0, 0.05) is 41.4 Å². The predicted molar refractivity (Wildman–Crippen MR) is 150 cm³/mol. The Hall–Kier alpha value is -3.23. The Morgan fingerprint density at radius 2 is 1.85 bits per heavy atom. The lowest BCUT2D eigenvalue weighted by Gasteiger charge is -2.56. The number of phenols is 1. The normalized spacial score (nSPS) is 32.4. The summed E-state index contributed by atoms with van der Waals surface area (Å²) in [4.78, 5) is 40.2. The minimum absolute atomic E-state index is 0.0600. The predicted octanol–water partition coefficient (Wildman–Crippen LogP) is 4.52. The Morgan fingerprint density at radius 3 is 2.49 bits per heavy atom. The van der Waals surface area contributed by atoms with Gasteiger partial charge in [0.05, 0.1) is 11.2 Å². The number of aromatic hydroxyl groups is 1. The van der Waals surface area contributed by atoms with Crippen molar-refractivity contribution in [1.29, 1.82) is 0 Å². The highest BCUT2D eigenvalue weighted by Crippen LogP contribution is 2.68. The molecule has 1 aromatic rings. The van der Waals surface area contributed by atoms with Gasteiger partial charge in [-0.3, -0.25) is 14.4 Å². The van der Waals surface area contributed by atoms with Crippen molar-refractivity contribution in [3.05, 3.63) is 51.6 Å². The van der Waals surface area contributed by atoms with Crippen LogP contribution in [0.3, 0.4) is 0 Å². The van der Waals surface area contributed by atoms with E-state index in [2.05, 4.69) is 0 Å². The number of ketones is 2. The summed E-state index contributed by atoms with van der Waals surface area (Å²) in [5, 5.41) is 22.4. The van der Waals surface area contributed by atoms with Gasteiger partial charge in [-0.1, -0.05) is 23.8 Å². The van der Waals surface area contributed by atoms with Crippen molar-refractivity contribution >= 4 is 17.9 Å². The number of hydrogen-bond donors (Lipinski definition) is 2. The zero-order chi connectivity index (χ0) is 29.9. The van der Waals surface area contributed by atoms with Gasteiger partial charge >= 0.3 is 0 Å². The van der Waals surface area contributed by atoms with Crippen LogP contribution in [0.15, 0.2) is 34.9 Å². The minimum atomic E-state index is -1.52. The Kier molecular flexibility index (Phi) is 5.89. The van der Waals surface area contributed by atoms with Gasteiger partial charge in [-0.15, -0.1) is 0 Å². The molecule has 0 amide bonds. The molecule has 8 heteroatoms. The monoisotopic (exact) mass is 562 g/mol. The Labute approximate surface area is 240 Å². The summed E-state index contributed by atoms with van der Waals surface area (Å²) in [5.74, 6) is -1.05. The van der Waals surface area contributed by atoms with E-state index in [0.717, 1.165) is 11.9 Å². The topological polar surface area (TPSA) is 119 Å². The molecule has 2 N–H and O–H groups in total. The molecule has 218 valence electrons. The highest BCUT2D eigenvalue weighted by Gasteiger charge is 2.81. The molecule has 1 aromatic carbocycles. The first-order valence-electron chi connectivity index (χ1n) is 14.3. The number of Topliss-reactive ketones (excluding diaryl/α,β-unsaturated/α-hetero) is 2. The second kappa shape index (κ2) is 8.65. The number of aldehydes is 1. The third kappa shape index (κ3) is 3.56. The smallest absolute Gasteiger partial charge is 0.200 e. The van der Waals surface area contributed by atoms with E-state index in [1.54, 1.807) is 32.9 Å². The van der Waals surface area contributed by atoms with E-state index in [1.165, 1.54) is 0 Å². The first-order valence-corrected chi connectivity index (χ1v) is 14.3. The number of phenolic OH excluding ortho intramolecular Hbond substituents is 1. The highest BCUT2D eigenvalue weighted by molar-refractivity contribution is 6.18. The van der Waals surface area contributed by atoms with Crippen LogP contribution in [0.4, 0.5) is 0 Å². The molecule has 6 aliphatic rings. The minimum Gasteiger partial charge on any atom is -0.507 e. The van der Waals surface area contributed by atoms with Crippen LogP contribution in [0.1, 0.15) is 82.8 Å². The molecule has 8 nitrogen and oxygen atoms in total. The van der Waals surface area contributed by atoms with Crippen LogP contribution < -0.4 is 9.47 Å². The Bertz CT molecular complexity index is 1500. The van der Waals surface area contributed by atoms with Gasteiger partial charge in [-0.25, -0.2) is 0 Å². The van der Waals surface area contributed by atoms with Crippen molar-refractivity contribution in [3.63, 3.8) is 0 Å². The summed E-state index contributed by atoms with van der Waals surface area (Å²) >= 11 is 0. The first-order chi connectivity index (χ1) is 19.1. The lowest BCUT2D eigenvalue weighted by atomic mass is 9.51. The van der Waals surface area contributed by atoms with Crippen LogP contribution in [0.5, 0.6) is 17.2 Å². The number of rotatable bonds is 6. The van der Waals surface area contributed by atoms with Crippen LogP contribution in [0, 0.1) is 11.8 Å². The number of ether oxygens (including phenoxy) is 3. The maximum Gasteiger partial charge on any atom is 0.200 e. The van der Waals surface area contributed by atoms with Gasteiger partial charge in [-0.2, -0.15) is 0 Å². The SMILES string of the molecule is CC(C)=CCc1c2c(c(O)c3c1O[C@@]14C(=C[C@H]5C[C@@H]1C(C)(C)O[C@]4(CC=C(C)C=O)C5=O)C3=O)C[C@@H](C(C)(C)O)O2. The second-order valence-electron chi connectivity index (χ2n) is 13.6. The standard InChI is InChI=1S/C33H38O8/c1-16(2)8-9-19-27-20(14-23(39-27)30(4,5)38)25(35)24-26(36)21-12-18-13-22-31(6,7)41-32(29(18)37,11-10-17(3)15-34)33(21,22)40-28(19)24/h8,10,12,15,18,22-23,35,38H,9,11,13-14H2,1-7H3/t18-,22+,23-,32+,33-/m0/s1. The van der Waals surface area contributed by atoms with Gasteiger partial charge in [0.15, 0.2) is 22.8 Å². The molecule has 4 bridgehead atoms. The van der Waals surface area contributed by atoms with E-state index < -0.39 is 34.4 Å². The first kappa shape index (κ1) is 27.9. The van der Waals surface area contributed by atoms with Gasteiger partial charge in [0.1, 0.15) is 35.2 Å². The Morgan fingerprint density at radius 1 is 1.15 bits per heavy atom. The maximum atomic E-state index is 14.5. The highest BCUT2D eigenvalue weighted by atomic mass is 16.6. The third-order valence-corrected chi connectivity index (χ3v) is 9.72. The van der Waals surface area contributed by atoms with Crippen LogP contribution in [-0.4, -0.2) is 56.6 Å². The molecule has 0 unspecified atom stereocenters. The second-order valence-corrected chi connectivity index (χ2v) is 13.6. The number of aliphatic hydroxyl groups is 1. The fourth-order valence-electron chi connectivity index (χ4n) is 7.69. The third-order valence-electron chi connectivity index (χ3n) is 9.72. The van der Waals surface area contributed by atoms with Crippen LogP contribution in [0.25, 0.3) is 0 Å². The maximum absolute atomic E-state index is 14.5. The van der Waals surface area contributed by atoms with Crippen molar-refractivity contribution in [1.82, 2.24) is 0 Å². The number of allylic oxidation sites excluding steroid dienone is 4. The summed E-state index contributed by atoms with van der Waals surface area (Å²) in [6.45, 7) is 12.7. The van der Waals surface area contributed by atoms with Crippen molar-refractivity contribution in [2.24, 2.45) is 11.8 Å². The Balaban J connectivity index is 1.63. The van der Waals surface area contributed by atoms with Crippen LogP contribution >= 0.6 is 0 Å². The molecule has 1 saturated heterocycles. The summed E-state index contributed by atoms with van der Waals surface area (Å²) in [6, 6.07) is 0. The fourth-order valence-corrected chi connectivity index (χ4v) is 7.69. The molecule has 7 rings (SSSR count). The van der Waals surface area contributed by atoms with Crippen molar-refractivity contribution in [2.75, 3.05) is 0 Å². The van der Waals surface area contributed by atoms with Crippen LogP contribution in [-0.2, 0) is 27.2 Å². The molecule has 2 fully saturated rings. The quantitative estimate of drug-likeness (QED) is 0.295. The summed E-state index contributed by atoms with van der Waals surface area (Å²) in [5.41, 5.74) is -2.03. The largest absolute Gasteiger partial charge is 0.507 e. The van der Waals surface area contributed by atoms with Crippen molar-refractivity contribution in [2.45, 2.75) is 103 Å². The molecule has 5 atom stereocenters. The average Bonchev–Trinajstić information content (AvgIpc) is 3.40. The fraction of sp³-hybridized carbons (Fsp3) is 0.545. The van der Waals surface area contributed by atoms with E-state index >= 15 is 0 Å².